The third-order valence-corrected chi connectivity index (χ3v) is 6.33. The lowest BCUT2D eigenvalue weighted by Gasteiger charge is -2.29. The largest absolute Gasteiger partial charge is 0.336 e. The molecule has 0 radical (unpaired) electrons. The SMILES string of the molecule is C[C@H](C1CC1)N(C(=O)CS(=O)(=O)c1ccc(Cl)cc1)C1CC1. The molecule has 0 saturated heterocycles. The average molecular weight is 342 g/mol. The predicted molar refractivity (Wildman–Crippen MR) is 85.6 cm³/mol. The quantitative estimate of drug-likeness (QED) is 0.799. The zero-order valence-corrected chi connectivity index (χ0v) is 14.1. The van der Waals surface area contributed by atoms with Crippen LogP contribution >= 0.6 is 11.6 Å². The Morgan fingerprint density at radius 3 is 2.32 bits per heavy atom. The number of amides is 1. The van der Waals surface area contributed by atoms with Gasteiger partial charge in [0.25, 0.3) is 0 Å². The molecule has 0 unspecified atom stereocenters. The van der Waals surface area contributed by atoms with E-state index in [0.29, 0.717) is 10.9 Å². The van der Waals surface area contributed by atoms with E-state index in [4.69, 9.17) is 11.6 Å². The van der Waals surface area contributed by atoms with Gasteiger partial charge in [-0.15, -0.1) is 0 Å². The normalized spacial score (nSPS) is 19.7. The number of nitrogens with zero attached hydrogens (tertiary/aromatic N) is 1. The Labute approximate surface area is 136 Å². The van der Waals surface area contributed by atoms with Crippen LogP contribution in [0, 0.1) is 5.92 Å². The Kier molecular flexibility index (Phi) is 4.21. The van der Waals surface area contributed by atoms with E-state index >= 15 is 0 Å². The van der Waals surface area contributed by atoms with Crippen molar-refractivity contribution < 1.29 is 13.2 Å². The third-order valence-electron chi connectivity index (χ3n) is 4.46. The van der Waals surface area contributed by atoms with E-state index in [2.05, 4.69) is 0 Å². The van der Waals surface area contributed by atoms with Gasteiger partial charge in [-0.2, -0.15) is 0 Å². The molecule has 22 heavy (non-hydrogen) atoms. The molecule has 0 aliphatic heterocycles. The molecule has 1 aromatic rings. The zero-order valence-electron chi connectivity index (χ0n) is 12.5. The zero-order chi connectivity index (χ0) is 15.9. The van der Waals surface area contributed by atoms with Gasteiger partial charge < -0.3 is 4.90 Å². The lowest BCUT2D eigenvalue weighted by atomic mass is 10.2. The van der Waals surface area contributed by atoms with Crippen molar-refractivity contribution in [3.05, 3.63) is 29.3 Å². The summed E-state index contributed by atoms with van der Waals surface area (Å²) in [4.78, 5) is 14.6. The molecule has 4 nitrogen and oxygen atoms in total. The van der Waals surface area contributed by atoms with E-state index < -0.39 is 15.6 Å². The number of benzene rings is 1. The monoisotopic (exact) mass is 341 g/mol. The minimum Gasteiger partial charge on any atom is -0.336 e. The van der Waals surface area contributed by atoms with E-state index in [0.717, 1.165) is 25.7 Å². The van der Waals surface area contributed by atoms with Gasteiger partial charge in [-0.3, -0.25) is 4.79 Å². The topological polar surface area (TPSA) is 54.5 Å². The van der Waals surface area contributed by atoms with Crippen molar-refractivity contribution in [3.63, 3.8) is 0 Å². The lowest BCUT2D eigenvalue weighted by molar-refractivity contribution is -0.131. The molecule has 0 spiro atoms. The van der Waals surface area contributed by atoms with Crippen molar-refractivity contribution in [2.75, 3.05) is 5.75 Å². The van der Waals surface area contributed by atoms with Gasteiger partial charge in [0.05, 0.1) is 4.90 Å². The molecule has 0 aromatic heterocycles. The average Bonchev–Trinajstić information content (AvgIpc) is 3.32. The van der Waals surface area contributed by atoms with Gasteiger partial charge in [-0.25, -0.2) is 8.42 Å². The van der Waals surface area contributed by atoms with E-state index in [1.165, 1.54) is 24.3 Å². The van der Waals surface area contributed by atoms with Crippen LogP contribution in [0.1, 0.15) is 32.6 Å². The highest BCUT2D eigenvalue weighted by Gasteiger charge is 2.42. The van der Waals surface area contributed by atoms with Crippen LogP contribution in [0.25, 0.3) is 0 Å². The molecule has 6 heteroatoms. The van der Waals surface area contributed by atoms with E-state index in [1.54, 1.807) is 0 Å². The highest BCUT2D eigenvalue weighted by atomic mass is 35.5. The highest BCUT2D eigenvalue weighted by molar-refractivity contribution is 7.92. The van der Waals surface area contributed by atoms with E-state index in [-0.39, 0.29) is 22.9 Å². The summed E-state index contributed by atoms with van der Waals surface area (Å²) >= 11 is 5.78. The maximum absolute atomic E-state index is 12.6. The van der Waals surface area contributed by atoms with Gasteiger partial charge in [0.2, 0.25) is 5.91 Å². The Balaban J connectivity index is 1.75. The number of carbonyl (C=O) groups excluding carboxylic acids is 1. The molecule has 2 aliphatic carbocycles. The van der Waals surface area contributed by atoms with Crippen molar-refractivity contribution in [2.24, 2.45) is 5.92 Å². The van der Waals surface area contributed by atoms with Crippen LogP contribution in [0.5, 0.6) is 0 Å². The van der Waals surface area contributed by atoms with Crippen LogP contribution < -0.4 is 0 Å². The van der Waals surface area contributed by atoms with Crippen LogP contribution in [0.15, 0.2) is 29.2 Å². The van der Waals surface area contributed by atoms with Crippen LogP contribution in [0.4, 0.5) is 0 Å². The van der Waals surface area contributed by atoms with Gasteiger partial charge in [-0.1, -0.05) is 11.6 Å². The molecule has 3 rings (SSSR count). The number of sulfone groups is 1. The first-order valence-corrected chi connectivity index (χ1v) is 9.71. The van der Waals surface area contributed by atoms with Crippen molar-refractivity contribution in [3.8, 4) is 0 Å². The number of rotatable bonds is 6. The molecule has 2 saturated carbocycles. The fraction of sp³-hybridized carbons (Fsp3) is 0.562. The number of hydrogen-bond donors (Lipinski definition) is 0. The van der Waals surface area contributed by atoms with Gasteiger partial charge in [-0.05, 0) is 62.8 Å². The van der Waals surface area contributed by atoms with Gasteiger partial charge in [0, 0.05) is 17.1 Å². The number of carbonyl (C=O) groups is 1. The Morgan fingerprint density at radius 1 is 1.23 bits per heavy atom. The summed E-state index contributed by atoms with van der Waals surface area (Å²) in [5.41, 5.74) is 0. The summed E-state index contributed by atoms with van der Waals surface area (Å²) in [6, 6.07) is 6.37. The molecule has 2 fully saturated rings. The molecule has 120 valence electrons. The molecule has 0 bridgehead atoms. The number of halogens is 1. The summed E-state index contributed by atoms with van der Waals surface area (Å²) in [5, 5.41) is 0.479. The van der Waals surface area contributed by atoms with Crippen molar-refractivity contribution in [1.82, 2.24) is 4.90 Å². The highest BCUT2D eigenvalue weighted by Crippen LogP contribution is 2.39. The van der Waals surface area contributed by atoms with Crippen LogP contribution in [0.3, 0.4) is 0 Å². The van der Waals surface area contributed by atoms with E-state index in [1.807, 2.05) is 11.8 Å². The molecular formula is C16H20ClNO3S. The number of hydrogen-bond acceptors (Lipinski definition) is 3. The minimum atomic E-state index is -3.62. The van der Waals surface area contributed by atoms with Crippen molar-refractivity contribution >= 4 is 27.3 Å². The minimum absolute atomic E-state index is 0.153. The molecular weight excluding hydrogens is 322 g/mol. The maximum atomic E-state index is 12.6. The van der Waals surface area contributed by atoms with Crippen molar-refractivity contribution in [2.45, 2.75) is 49.6 Å². The summed E-state index contributed by atoms with van der Waals surface area (Å²) in [6.45, 7) is 2.04. The van der Waals surface area contributed by atoms with Crippen LogP contribution in [-0.2, 0) is 14.6 Å². The molecule has 1 amide bonds. The molecule has 1 aromatic carbocycles. The maximum Gasteiger partial charge on any atom is 0.238 e. The predicted octanol–water partition coefficient (Wildman–Crippen LogP) is 2.90. The molecule has 0 N–H and O–H groups in total. The third kappa shape index (κ3) is 3.46. The summed E-state index contributed by atoms with van der Waals surface area (Å²) in [7, 11) is -3.62. The second-order valence-electron chi connectivity index (χ2n) is 6.32. The fourth-order valence-corrected chi connectivity index (χ4v) is 4.20. The fourth-order valence-electron chi connectivity index (χ4n) is 2.88. The first-order valence-electron chi connectivity index (χ1n) is 7.68. The lowest BCUT2D eigenvalue weighted by Crippen LogP contribution is -2.44. The Morgan fingerprint density at radius 2 is 1.82 bits per heavy atom. The Bertz CT molecular complexity index is 663. The first kappa shape index (κ1) is 15.8. The molecule has 0 heterocycles. The van der Waals surface area contributed by atoms with Crippen LogP contribution in [0.2, 0.25) is 5.02 Å². The van der Waals surface area contributed by atoms with Crippen LogP contribution in [-0.4, -0.2) is 37.1 Å². The second kappa shape index (κ2) is 5.85. The smallest absolute Gasteiger partial charge is 0.238 e. The van der Waals surface area contributed by atoms with Gasteiger partial charge >= 0.3 is 0 Å². The van der Waals surface area contributed by atoms with E-state index in [9.17, 15) is 13.2 Å². The van der Waals surface area contributed by atoms with Gasteiger partial charge in [0.1, 0.15) is 5.75 Å². The standard InChI is InChI=1S/C16H20ClNO3S/c1-11(12-2-3-12)18(14-6-7-14)16(19)10-22(20,21)15-8-4-13(17)5-9-15/h4-5,8-9,11-12,14H,2-3,6-7,10H2,1H3/t11-/m1/s1. The second-order valence-corrected chi connectivity index (χ2v) is 8.75. The van der Waals surface area contributed by atoms with Crippen molar-refractivity contribution in [1.29, 1.82) is 0 Å². The Hall–Kier alpha value is -1.07. The summed E-state index contributed by atoms with van der Waals surface area (Å²) in [5.74, 6) is -0.179. The molecule has 1 atom stereocenters. The van der Waals surface area contributed by atoms with Gasteiger partial charge in [0.15, 0.2) is 9.84 Å². The summed E-state index contributed by atoms with van der Waals surface area (Å²) in [6.07, 6.45) is 4.26. The summed E-state index contributed by atoms with van der Waals surface area (Å²) < 4.78 is 24.8. The first-order chi connectivity index (χ1) is 10.4. The molecule has 2 aliphatic rings.